The van der Waals surface area contributed by atoms with E-state index in [4.69, 9.17) is 14.2 Å². The lowest BCUT2D eigenvalue weighted by Gasteiger charge is -2.23. The average Bonchev–Trinajstić information content (AvgIpc) is 3.16. The van der Waals surface area contributed by atoms with Gasteiger partial charge in [-0.2, -0.15) is 0 Å². The first-order chi connectivity index (χ1) is 13.2. The molecule has 0 aliphatic carbocycles. The van der Waals surface area contributed by atoms with Crippen LogP contribution < -0.4 is 14.8 Å². The minimum absolute atomic E-state index is 0.185. The van der Waals surface area contributed by atoms with Crippen molar-refractivity contribution in [1.82, 2.24) is 9.97 Å². The zero-order chi connectivity index (χ0) is 18.6. The van der Waals surface area contributed by atoms with E-state index in [2.05, 4.69) is 15.3 Å². The molecule has 1 aliphatic heterocycles. The molecule has 1 aliphatic rings. The van der Waals surface area contributed by atoms with E-state index >= 15 is 0 Å². The van der Waals surface area contributed by atoms with Crippen LogP contribution in [0.25, 0.3) is 11.0 Å². The molecule has 1 saturated heterocycles. The number of methoxy groups -OCH3 is 1. The van der Waals surface area contributed by atoms with Crippen molar-refractivity contribution >= 4 is 16.7 Å². The van der Waals surface area contributed by atoms with Crippen LogP contribution in [0.3, 0.4) is 0 Å². The van der Waals surface area contributed by atoms with Gasteiger partial charge in [0.2, 0.25) is 0 Å². The Morgan fingerprint density at radius 3 is 2.85 bits per heavy atom. The second-order valence-corrected chi connectivity index (χ2v) is 6.60. The number of H-pyrrole nitrogens is 1. The fourth-order valence-electron chi connectivity index (χ4n) is 3.27. The Hall–Kier alpha value is -2.80. The molecular weight excluding hydrogens is 349 g/mol. The van der Waals surface area contributed by atoms with Crippen LogP contribution in [0, 0.1) is 11.7 Å². The number of imidazole rings is 1. The van der Waals surface area contributed by atoms with Crippen molar-refractivity contribution in [1.29, 1.82) is 0 Å². The van der Waals surface area contributed by atoms with Crippen LogP contribution in [0.4, 0.5) is 10.1 Å². The van der Waals surface area contributed by atoms with Crippen molar-refractivity contribution in [2.75, 3.05) is 32.2 Å². The van der Waals surface area contributed by atoms with Gasteiger partial charge in [0.05, 0.1) is 24.6 Å². The first kappa shape index (κ1) is 17.6. The van der Waals surface area contributed by atoms with Gasteiger partial charge in [0.1, 0.15) is 17.0 Å². The highest BCUT2D eigenvalue weighted by atomic mass is 19.1. The quantitative estimate of drug-likeness (QED) is 0.675. The third-order valence-corrected chi connectivity index (χ3v) is 4.78. The Bertz CT molecular complexity index is 922. The maximum atomic E-state index is 13.9. The van der Waals surface area contributed by atoms with Crippen LogP contribution in [0.1, 0.15) is 12.8 Å². The summed E-state index contributed by atoms with van der Waals surface area (Å²) >= 11 is 0. The van der Waals surface area contributed by atoms with E-state index in [0.717, 1.165) is 49.3 Å². The molecule has 1 fully saturated rings. The SMILES string of the molecule is COc1ccc(Oc2cc(NCC3CCOCC3)c3nc[nH]c3c2)cc1F. The number of fused-ring (bicyclic) bond motifs is 1. The molecule has 4 rings (SSSR count). The molecule has 6 nitrogen and oxygen atoms in total. The van der Waals surface area contributed by atoms with Crippen LogP contribution in [0.15, 0.2) is 36.7 Å². The fraction of sp³-hybridized carbons (Fsp3) is 0.350. The highest BCUT2D eigenvalue weighted by molar-refractivity contribution is 5.89. The summed E-state index contributed by atoms with van der Waals surface area (Å²) < 4.78 is 30.1. The van der Waals surface area contributed by atoms with Gasteiger partial charge in [0.25, 0.3) is 0 Å². The van der Waals surface area contributed by atoms with Crippen molar-refractivity contribution in [3.8, 4) is 17.2 Å². The van der Waals surface area contributed by atoms with Crippen molar-refractivity contribution in [2.45, 2.75) is 12.8 Å². The van der Waals surface area contributed by atoms with Crippen LogP contribution in [-0.4, -0.2) is 36.8 Å². The van der Waals surface area contributed by atoms with Gasteiger partial charge >= 0.3 is 0 Å². The molecule has 0 amide bonds. The predicted octanol–water partition coefficient (Wildman–Crippen LogP) is 4.34. The van der Waals surface area contributed by atoms with E-state index in [-0.39, 0.29) is 5.75 Å². The minimum atomic E-state index is -0.463. The molecule has 2 N–H and O–H groups in total. The Labute approximate surface area is 156 Å². The van der Waals surface area contributed by atoms with Crippen molar-refractivity contribution in [3.05, 3.63) is 42.5 Å². The van der Waals surface area contributed by atoms with E-state index < -0.39 is 5.82 Å². The summed E-state index contributed by atoms with van der Waals surface area (Å²) in [7, 11) is 1.43. The number of aromatic nitrogens is 2. The van der Waals surface area contributed by atoms with E-state index in [1.165, 1.54) is 13.2 Å². The Balaban J connectivity index is 1.55. The molecule has 0 radical (unpaired) electrons. The van der Waals surface area contributed by atoms with E-state index in [0.29, 0.717) is 17.4 Å². The average molecular weight is 371 g/mol. The zero-order valence-electron chi connectivity index (χ0n) is 15.1. The van der Waals surface area contributed by atoms with Gasteiger partial charge in [0.15, 0.2) is 11.6 Å². The summed E-state index contributed by atoms with van der Waals surface area (Å²) in [6.07, 6.45) is 3.76. The number of rotatable bonds is 6. The lowest BCUT2D eigenvalue weighted by Crippen LogP contribution is -2.22. The second kappa shape index (κ2) is 7.84. The molecule has 7 heteroatoms. The summed E-state index contributed by atoms with van der Waals surface area (Å²) in [4.78, 5) is 7.50. The van der Waals surface area contributed by atoms with Crippen LogP contribution in [-0.2, 0) is 4.74 Å². The highest BCUT2D eigenvalue weighted by Crippen LogP contribution is 2.32. The lowest BCUT2D eigenvalue weighted by molar-refractivity contribution is 0.0699. The topological polar surface area (TPSA) is 68.4 Å². The summed E-state index contributed by atoms with van der Waals surface area (Å²) in [5, 5.41) is 3.49. The molecular formula is C20H22FN3O3. The van der Waals surface area contributed by atoms with Crippen molar-refractivity contribution < 1.29 is 18.6 Å². The number of nitrogens with zero attached hydrogens (tertiary/aromatic N) is 1. The normalized spacial score (nSPS) is 15.0. The van der Waals surface area contributed by atoms with Gasteiger partial charge in [-0.25, -0.2) is 9.37 Å². The predicted molar refractivity (Wildman–Crippen MR) is 101 cm³/mol. The number of benzene rings is 2. The molecule has 3 aromatic rings. The number of anilines is 1. The summed E-state index contributed by atoms with van der Waals surface area (Å²) in [5.74, 6) is 1.31. The Kier molecular flexibility index (Phi) is 5.11. The smallest absolute Gasteiger partial charge is 0.168 e. The van der Waals surface area contributed by atoms with Gasteiger partial charge < -0.3 is 24.5 Å². The molecule has 2 aromatic carbocycles. The maximum absolute atomic E-state index is 13.9. The first-order valence-electron chi connectivity index (χ1n) is 9.03. The molecule has 0 unspecified atom stereocenters. The third kappa shape index (κ3) is 3.98. The lowest BCUT2D eigenvalue weighted by atomic mass is 10.0. The molecule has 0 spiro atoms. The van der Waals surface area contributed by atoms with Crippen molar-refractivity contribution in [2.24, 2.45) is 5.92 Å². The second-order valence-electron chi connectivity index (χ2n) is 6.60. The van der Waals surface area contributed by atoms with Gasteiger partial charge in [-0.1, -0.05) is 0 Å². The monoisotopic (exact) mass is 371 g/mol. The summed E-state index contributed by atoms with van der Waals surface area (Å²) in [5.41, 5.74) is 2.61. The van der Waals surface area contributed by atoms with Crippen LogP contribution >= 0.6 is 0 Å². The number of hydrogen-bond acceptors (Lipinski definition) is 5. The molecule has 0 saturated carbocycles. The largest absolute Gasteiger partial charge is 0.494 e. The van der Waals surface area contributed by atoms with Gasteiger partial charge in [0, 0.05) is 38.0 Å². The van der Waals surface area contributed by atoms with E-state index in [9.17, 15) is 4.39 Å². The molecule has 0 atom stereocenters. The van der Waals surface area contributed by atoms with Gasteiger partial charge in [-0.15, -0.1) is 0 Å². The molecule has 2 heterocycles. The Morgan fingerprint density at radius 1 is 1.22 bits per heavy atom. The number of halogens is 1. The number of ether oxygens (including phenoxy) is 3. The zero-order valence-corrected chi connectivity index (χ0v) is 15.1. The maximum Gasteiger partial charge on any atom is 0.168 e. The third-order valence-electron chi connectivity index (χ3n) is 4.78. The summed E-state index contributed by atoms with van der Waals surface area (Å²) in [6, 6.07) is 8.28. The molecule has 0 bridgehead atoms. The Morgan fingerprint density at radius 2 is 2.07 bits per heavy atom. The van der Waals surface area contributed by atoms with Gasteiger partial charge in [-0.05, 0) is 30.9 Å². The van der Waals surface area contributed by atoms with Crippen LogP contribution in [0.2, 0.25) is 0 Å². The highest BCUT2D eigenvalue weighted by Gasteiger charge is 2.15. The fourth-order valence-corrected chi connectivity index (χ4v) is 3.27. The van der Waals surface area contributed by atoms with Crippen molar-refractivity contribution in [3.63, 3.8) is 0 Å². The molecule has 142 valence electrons. The molecule has 27 heavy (non-hydrogen) atoms. The first-order valence-corrected chi connectivity index (χ1v) is 9.03. The minimum Gasteiger partial charge on any atom is -0.494 e. The van der Waals surface area contributed by atoms with E-state index in [1.807, 2.05) is 12.1 Å². The number of hydrogen-bond donors (Lipinski definition) is 2. The standard InChI is InChI=1S/C20H22FN3O3/c1-25-19-3-2-14(8-16(19)21)27-15-9-17(20-18(10-15)23-12-24-20)22-11-13-4-6-26-7-5-13/h2-3,8-10,12-13,22H,4-7,11H2,1H3,(H,23,24). The number of aromatic amines is 1. The molecule has 1 aromatic heterocycles. The van der Waals surface area contributed by atoms with E-state index in [1.54, 1.807) is 18.5 Å². The summed E-state index contributed by atoms with van der Waals surface area (Å²) in [6.45, 7) is 2.48. The van der Waals surface area contributed by atoms with Crippen LogP contribution in [0.5, 0.6) is 17.2 Å². The van der Waals surface area contributed by atoms with Gasteiger partial charge in [-0.3, -0.25) is 0 Å². The number of nitrogens with one attached hydrogen (secondary N) is 2.